The van der Waals surface area contributed by atoms with E-state index < -0.39 is 5.97 Å². The van der Waals surface area contributed by atoms with Crippen LogP contribution in [0.2, 0.25) is 0 Å². The van der Waals surface area contributed by atoms with Gasteiger partial charge in [-0.1, -0.05) is 11.8 Å². The van der Waals surface area contributed by atoms with Gasteiger partial charge >= 0.3 is 5.97 Å². The normalized spacial score (nSPS) is 10.9. The lowest BCUT2D eigenvalue weighted by Crippen LogP contribution is -2.03. The van der Waals surface area contributed by atoms with Crippen molar-refractivity contribution in [2.45, 2.75) is 32.5 Å². The highest BCUT2D eigenvalue weighted by atomic mass is 32.2. The smallest absolute Gasteiger partial charge is 0.313 e. The summed E-state index contributed by atoms with van der Waals surface area (Å²) in [7, 11) is 0. The van der Waals surface area contributed by atoms with E-state index in [2.05, 4.69) is 15.2 Å². The fourth-order valence-corrected chi connectivity index (χ4v) is 3.35. The number of carbonyl (C=O) groups is 1. The summed E-state index contributed by atoms with van der Waals surface area (Å²) in [6, 6.07) is 0. The van der Waals surface area contributed by atoms with Crippen LogP contribution in [0.25, 0.3) is 10.7 Å². The van der Waals surface area contributed by atoms with Crippen LogP contribution >= 0.6 is 23.1 Å². The highest BCUT2D eigenvalue weighted by Gasteiger charge is 2.18. The second kappa shape index (κ2) is 5.70. The summed E-state index contributed by atoms with van der Waals surface area (Å²) in [6.45, 7) is 6.58. The van der Waals surface area contributed by atoms with Gasteiger partial charge in [0.15, 0.2) is 11.0 Å². The Morgan fingerprint density at radius 1 is 1.42 bits per heavy atom. The molecule has 0 spiro atoms. The van der Waals surface area contributed by atoms with Gasteiger partial charge in [-0.05, 0) is 20.8 Å². The van der Waals surface area contributed by atoms with Crippen LogP contribution in [0.1, 0.15) is 17.6 Å². The second-order valence-electron chi connectivity index (χ2n) is 3.88. The molecule has 2 aromatic rings. The molecule has 2 heterocycles. The van der Waals surface area contributed by atoms with Gasteiger partial charge in [-0.25, -0.2) is 4.98 Å². The van der Waals surface area contributed by atoms with E-state index in [1.165, 1.54) is 11.8 Å². The minimum Gasteiger partial charge on any atom is -0.481 e. The Hall–Kier alpha value is -1.41. The fraction of sp³-hybridized carbons (Fsp3) is 0.455. The largest absolute Gasteiger partial charge is 0.481 e. The third kappa shape index (κ3) is 2.95. The molecule has 1 N–H and O–H groups in total. The Morgan fingerprint density at radius 3 is 2.68 bits per heavy atom. The van der Waals surface area contributed by atoms with E-state index in [1.54, 1.807) is 11.3 Å². The molecular formula is C11H14N4O2S2. The number of aryl methyl sites for hydroxylation is 2. The van der Waals surface area contributed by atoms with Crippen molar-refractivity contribution in [3.05, 3.63) is 10.7 Å². The maximum absolute atomic E-state index is 10.6. The molecule has 0 fully saturated rings. The van der Waals surface area contributed by atoms with Crippen LogP contribution in [-0.2, 0) is 11.3 Å². The SMILES string of the molecule is CCn1c(SCC(=O)O)nnc1-c1sc(C)nc1C. The van der Waals surface area contributed by atoms with Crippen molar-refractivity contribution in [1.29, 1.82) is 0 Å². The first kappa shape index (κ1) is 14.0. The third-order valence-corrected chi connectivity index (χ3v) is 4.48. The Balaban J connectivity index is 2.36. The minimum atomic E-state index is -0.859. The van der Waals surface area contributed by atoms with Crippen LogP contribution < -0.4 is 0 Å². The van der Waals surface area contributed by atoms with Crippen molar-refractivity contribution < 1.29 is 9.90 Å². The maximum Gasteiger partial charge on any atom is 0.313 e. The maximum atomic E-state index is 10.6. The number of thioether (sulfide) groups is 1. The molecule has 0 bridgehead atoms. The molecule has 19 heavy (non-hydrogen) atoms. The summed E-state index contributed by atoms with van der Waals surface area (Å²) >= 11 is 2.76. The summed E-state index contributed by atoms with van der Waals surface area (Å²) in [5.74, 6) is -0.112. The zero-order valence-electron chi connectivity index (χ0n) is 10.9. The molecule has 102 valence electrons. The van der Waals surface area contributed by atoms with Crippen LogP contribution in [0.5, 0.6) is 0 Å². The molecule has 0 aliphatic carbocycles. The molecule has 0 unspecified atom stereocenters. The van der Waals surface area contributed by atoms with Gasteiger partial charge in [-0.15, -0.1) is 21.5 Å². The first-order chi connectivity index (χ1) is 9.02. The second-order valence-corrected chi connectivity index (χ2v) is 6.03. The molecule has 0 atom stereocenters. The third-order valence-electron chi connectivity index (χ3n) is 2.46. The predicted molar refractivity (Wildman–Crippen MR) is 74.6 cm³/mol. The summed E-state index contributed by atoms with van der Waals surface area (Å²) in [4.78, 5) is 16.0. The van der Waals surface area contributed by atoms with Crippen molar-refractivity contribution in [3.8, 4) is 10.7 Å². The van der Waals surface area contributed by atoms with Gasteiger partial charge < -0.3 is 9.67 Å². The fourth-order valence-electron chi connectivity index (χ4n) is 1.71. The number of aromatic nitrogens is 4. The number of thiazole rings is 1. The molecule has 8 heteroatoms. The average Bonchev–Trinajstić information content (AvgIpc) is 2.89. The molecule has 0 radical (unpaired) electrons. The Morgan fingerprint density at radius 2 is 2.16 bits per heavy atom. The van der Waals surface area contributed by atoms with Gasteiger partial charge in [0.1, 0.15) is 0 Å². The van der Waals surface area contributed by atoms with Crippen molar-refractivity contribution in [1.82, 2.24) is 19.7 Å². The Kier molecular flexibility index (Phi) is 4.20. The zero-order chi connectivity index (χ0) is 14.0. The number of rotatable bonds is 5. The van der Waals surface area contributed by atoms with E-state index in [9.17, 15) is 4.79 Å². The van der Waals surface area contributed by atoms with E-state index in [4.69, 9.17) is 5.11 Å². The number of carboxylic acids is 1. The Labute approximate surface area is 118 Å². The van der Waals surface area contributed by atoms with Gasteiger partial charge in [0.25, 0.3) is 0 Å². The van der Waals surface area contributed by atoms with Crippen molar-refractivity contribution in [2.75, 3.05) is 5.75 Å². The molecule has 0 aromatic carbocycles. The standard InChI is InChI=1S/C11H14N4O2S2/c1-4-15-10(9-6(2)12-7(3)19-9)13-14-11(15)18-5-8(16)17/h4-5H2,1-3H3,(H,16,17). The van der Waals surface area contributed by atoms with Crippen LogP contribution in [-0.4, -0.2) is 36.6 Å². The molecule has 2 aromatic heterocycles. The number of hydrogen-bond donors (Lipinski definition) is 1. The average molecular weight is 298 g/mol. The Bertz CT molecular complexity index is 606. The van der Waals surface area contributed by atoms with Gasteiger partial charge in [0.2, 0.25) is 0 Å². The van der Waals surface area contributed by atoms with Crippen molar-refractivity contribution >= 4 is 29.1 Å². The van der Waals surface area contributed by atoms with Gasteiger partial charge in [-0.3, -0.25) is 4.79 Å². The molecule has 0 aliphatic rings. The van der Waals surface area contributed by atoms with Crippen LogP contribution in [0.3, 0.4) is 0 Å². The predicted octanol–water partition coefficient (Wildman–Crippen LogP) is 2.22. The molecule has 0 saturated heterocycles. The number of hydrogen-bond acceptors (Lipinski definition) is 6. The molecule has 0 saturated carbocycles. The molecule has 2 rings (SSSR count). The first-order valence-corrected chi connectivity index (χ1v) is 7.55. The van der Waals surface area contributed by atoms with Crippen molar-refractivity contribution in [3.63, 3.8) is 0 Å². The van der Waals surface area contributed by atoms with Crippen LogP contribution in [0.15, 0.2) is 5.16 Å². The van der Waals surface area contributed by atoms with Crippen LogP contribution in [0.4, 0.5) is 0 Å². The number of aliphatic carboxylic acids is 1. The summed E-state index contributed by atoms with van der Waals surface area (Å²) < 4.78 is 1.92. The zero-order valence-corrected chi connectivity index (χ0v) is 12.5. The monoisotopic (exact) mass is 298 g/mol. The van der Waals surface area contributed by atoms with E-state index in [-0.39, 0.29) is 5.75 Å². The minimum absolute atomic E-state index is 0.0150. The lowest BCUT2D eigenvalue weighted by atomic mass is 10.4. The van der Waals surface area contributed by atoms with Gasteiger partial charge in [0.05, 0.1) is 21.3 Å². The number of nitrogens with zero attached hydrogens (tertiary/aromatic N) is 4. The molecule has 0 aliphatic heterocycles. The summed E-state index contributed by atoms with van der Waals surface area (Å²) in [5.41, 5.74) is 0.930. The van der Waals surface area contributed by atoms with E-state index in [0.29, 0.717) is 11.7 Å². The first-order valence-electron chi connectivity index (χ1n) is 5.75. The van der Waals surface area contributed by atoms with E-state index in [1.807, 2.05) is 25.3 Å². The summed E-state index contributed by atoms with van der Waals surface area (Å²) in [5, 5.41) is 18.6. The molecule has 6 nitrogen and oxygen atoms in total. The van der Waals surface area contributed by atoms with Crippen molar-refractivity contribution in [2.24, 2.45) is 0 Å². The molecule has 0 amide bonds. The number of carboxylic acid groups (broad SMARTS) is 1. The topological polar surface area (TPSA) is 80.9 Å². The van der Waals surface area contributed by atoms with Crippen LogP contribution in [0, 0.1) is 13.8 Å². The lowest BCUT2D eigenvalue weighted by Gasteiger charge is -2.05. The quantitative estimate of drug-likeness (QED) is 0.852. The lowest BCUT2D eigenvalue weighted by molar-refractivity contribution is -0.133. The highest BCUT2D eigenvalue weighted by Crippen LogP contribution is 2.30. The van der Waals surface area contributed by atoms with E-state index in [0.717, 1.165) is 21.4 Å². The summed E-state index contributed by atoms with van der Waals surface area (Å²) in [6.07, 6.45) is 0. The highest BCUT2D eigenvalue weighted by molar-refractivity contribution is 7.99. The van der Waals surface area contributed by atoms with E-state index >= 15 is 0 Å². The molecular weight excluding hydrogens is 284 g/mol. The van der Waals surface area contributed by atoms with Gasteiger partial charge in [-0.2, -0.15) is 0 Å². The van der Waals surface area contributed by atoms with Gasteiger partial charge in [0, 0.05) is 6.54 Å².